The average molecular weight is 535 g/mol. The molecule has 11 heteroatoms. The van der Waals surface area contributed by atoms with E-state index >= 15 is 0 Å². The Hall–Kier alpha value is -3.73. The maximum absolute atomic E-state index is 13.4. The fraction of sp³-hybridized carbons (Fsp3) is 0.192. The van der Waals surface area contributed by atoms with Gasteiger partial charge in [0.2, 0.25) is 0 Å². The lowest BCUT2D eigenvalue weighted by Gasteiger charge is -2.31. The monoisotopic (exact) mass is 534 g/mol. The molecule has 6 rings (SSSR count). The van der Waals surface area contributed by atoms with Crippen LogP contribution in [-0.4, -0.2) is 54.5 Å². The zero-order valence-corrected chi connectivity index (χ0v) is 21.5. The third kappa shape index (κ3) is 4.37. The van der Waals surface area contributed by atoms with Crippen molar-refractivity contribution in [3.05, 3.63) is 77.6 Å². The van der Waals surface area contributed by atoms with E-state index in [-0.39, 0.29) is 4.90 Å². The van der Waals surface area contributed by atoms with E-state index < -0.39 is 10.0 Å². The van der Waals surface area contributed by atoms with Gasteiger partial charge in [0.15, 0.2) is 11.5 Å². The fourth-order valence-corrected chi connectivity index (χ4v) is 5.95. The normalized spacial score (nSPS) is 14.4. The molecule has 9 nitrogen and oxygen atoms in total. The standard InChI is InChI=1S/C26H23ClN6O3S/c1-17-28-29-26-22-8-3-2-7-21(22)25(30-33(17)26)18-9-10-24(32-11-13-36-14-12-32)23(15-18)31-37(34,35)20-6-4-5-19(27)16-20/h2-10,15-16,31H,11-14H2,1H3. The largest absolute Gasteiger partial charge is 0.378 e. The SMILES string of the molecule is Cc1nnc2c3ccccc3c(-c3ccc(N4CCOCC4)c(NS(=O)(=O)c4cccc(Cl)c4)c3)nn12. The number of benzene rings is 3. The lowest BCUT2D eigenvalue weighted by atomic mass is 10.0. The Morgan fingerprint density at radius 3 is 2.51 bits per heavy atom. The molecule has 0 radical (unpaired) electrons. The van der Waals surface area contributed by atoms with Crippen LogP contribution in [0, 0.1) is 6.92 Å². The predicted octanol–water partition coefficient (Wildman–Crippen LogP) is 4.54. The summed E-state index contributed by atoms with van der Waals surface area (Å²) in [6, 6.07) is 19.8. The summed E-state index contributed by atoms with van der Waals surface area (Å²) in [5.74, 6) is 0.661. The number of halogens is 1. The number of rotatable bonds is 5. The summed E-state index contributed by atoms with van der Waals surface area (Å²) in [6.07, 6.45) is 0. The van der Waals surface area contributed by atoms with Gasteiger partial charge in [-0.3, -0.25) is 4.72 Å². The number of sulfonamides is 1. The minimum atomic E-state index is -3.91. The second kappa shape index (κ2) is 9.29. The van der Waals surface area contributed by atoms with E-state index in [9.17, 15) is 8.42 Å². The highest BCUT2D eigenvalue weighted by atomic mass is 35.5. The number of morpholine rings is 1. The Kier molecular flexibility index (Phi) is 5.94. The van der Waals surface area contributed by atoms with Crippen LogP contribution >= 0.6 is 11.6 Å². The van der Waals surface area contributed by atoms with Gasteiger partial charge < -0.3 is 9.64 Å². The number of anilines is 2. The fourth-order valence-electron chi connectivity index (χ4n) is 4.58. The molecular weight excluding hydrogens is 512 g/mol. The molecule has 1 aliphatic heterocycles. The zero-order valence-electron chi connectivity index (χ0n) is 19.9. The third-order valence-corrected chi connectivity index (χ3v) is 7.99. The summed E-state index contributed by atoms with van der Waals surface area (Å²) >= 11 is 6.08. The average Bonchev–Trinajstić information content (AvgIpc) is 3.29. The van der Waals surface area contributed by atoms with Crippen LogP contribution < -0.4 is 9.62 Å². The molecule has 1 saturated heterocycles. The summed E-state index contributed by atoms with van der Waals surface area (Å²) < 4.78 is 36.8. The molecule has 0 amide bonds. The van der Waals surface area contributed by atoms with Crippen LogP contribution in [0.5, 0.6) is 0 Å². The zero-order chi connectivity index (χ0) is 25.6. The van der Waals surface area contributed by atoms with Gasteiger partial charge in [0.25, 0.3) is 10.0 Å². The Labute approximate surface area is 218 Å². The summed E-state index contributed by atoms with van der Waals surface area (Å²) in [5.41, 5.74) is 3.34. The molecule has 188 valence electrons. The van der Waals surface area contributed by atoms with Crippen LogP contribution in [-0.2, 0) is 14.8 Å². The van der Waals surface area contributed by atoms with Crippen molar-refractivity contribution in [2.75, 3.05) is 35.9 Å². The van der Waals surface area contributed by atoms with Crippen LogP contribution in [0.2, 0.25) is 5.02 Å². The van der Waals surface area contributed by atoms with Gasteiger partial charge in [0, 0.05) is 34.4 Å². The van der Waals surface area contributed by atoms with Crippen LogP contribution in [0.25, 0.3) is 27.7 Å². The number of aromatic nitrogens is 4. The van der Waals surface area contributed by atoms with Crippen molar-refractivity contribution >= 4 is 49.4 Å². The third-order valence-electron chi connectivity index (χ3n) is 6.39. The minimum Gasteiger partial charge on any atom is -0.378 e. The van der Waals surface area contributed by atoms with Gasteiger partial charge in [-0.1, -0.05) is 48.0 Å². The number of aryl methyl sites for hydroxylation is 1. The van der Waals surface area contributed by atoms with Crippen LogP contribution in [0.3, 0.4) is 0 Å². The van der Waals surface area contributed by atoms with Crippen molar-refractivity contribution in [3.8, 4) is 11.3 Å². The maximum atomic E-state index is 13.4. The number of nitrogens with zero attached hydrogens (tertiary/aromatic N) is 5. The molecule has 3 aromatic carbocycles. The van der Waals surface area contributed by atoms with Crippen molar-refractivity contribution < 1.29 is 13.2 Å². The molecular formula is C26H23ClN6O3S. The van der Waals surface area contributed by atoms with E-state index in [4.69, 9.17) is 21.4 Å². The first-order valence-corrected chi connectivity index (χ1v) is 13.6. The van der Waals surface area contributed by atoms with E-state index in [1.165, 1.54) is 12.1 Å². The topological polar surface area (TPSA) is 102 Å². The highest BCUT2D eigenvalue weighted by Gasteiger charge is 2.22. The minimum absolute atomic E-state index is 0.0865. The van der Waals surface area contributed by atoms with Crippen LogP contribution in [0.1, 0.15) is 5.82 Å². The summed E-state index contributed by atoms with van der Waals surface area (Å²) in [5, 5.41) is 15.5. The Morgan fingerprint density at radius 2 is 1.73 bits per heavy atom. The molecule has 0 atom stereocenters. The number of ether oxygens (including phenoxy) is 1. The summed E-state index contributed by atoms with van der Waals surface area (Å²) in [6.45, 7) is 4.28. The molecule has 0 aliphatic carbocycles. The van der Waals surface area contributed by atoms with E-state index in [1.807, 2.05) is 49.4 Å². The first kappa shape index (κ1) is 23.7. The number of nitrogens with one attached hydrogen (secondary N) is 1. The predicted molar refractivity (Wildman–Crippen MR) is 144 cm³/mol. The summed E-state index contributed by atoms with van der Waals surface area (Å²) in [4.78, 5) is 2.20. The van der Waals surface area contributed by atoms with Gasteiger partial charge in [-0.25, -0.2) is 8.42 Å². The molecule has 5 aromatic rings. The Bertz CT molecular complexity index is 1750. The number of fused-ring (bicyclic) bond motifs is 3. The van der Waals surface area contributed by atoms with Crippen LogP contribution in [0.4, 0.5) is 11.4 Å². The smallest absolute Gasteiger partial charge is 0.262 e. The van der Waals surface area contributed by atoms with E-state index in [0.717, 1.165) is 22.0 Å². The quantitative estimate of drug-likeness (QED) is 0.353. The molecule has 1 aliphatic rings. The van der Waals surface area contributed by atoms with Gasteiger partial charge in [0.1, 0.15) is 0 Å². The van der Waals surface area contributed by atoms with Crippen molar-refractivity contribution in [2.45, 2.75) is 11.8 Å². The van der Waals surface area contributed by atoms with E-state index in [2.05, 4.69) is 19.8 Å². The molecule has 2 aromatic heterocycles. The molecule has 1 fully saturated rings. The first-order valence-electron chi connectivity index (χ1n) is 11.8. The first-order chi connectivity index (χ1) is 17.9. The molecule has 0 saturated carbocycles. The summed E-state index contributed by atoms with van der Waals surface area (Å²) in [7, 11) is -3.91. The van der Waals surface area contributed by atoms with Gasteiger partial charge in [-0.15, -0.1) is 10.2 Å². The van der Waals surface area contributed by atoms with Crippen molar-refractivity contribution in [1.29, 1.82) is 0 Å². The Morgan fingerprint density at radius 1 is 0.946 bits per heavy atom. The highest BCUT2D eigenvalue weighted by molar-refractivity contribution is 7.92. The van der Waals surface area contributed by atoms with Gasteiger partial charge in [-0.05, 0) is 37.3 Å². The van der Waals surface area contributed by atoms with E-state index in [0.29, 0.717) is 54.2 Å². The lowest BCUT2D eigenvalue weighted by molar-refractivity contribution is 0.123. The molecule has 1 N–H and O–H groups in total. The highest BCUT2D eigenvalue weighted by Crippen LogP contribution is 2.36. The van der Waals surface area contributed by atoms with Gasteiger partial charge in [0.05, 0.1) is 35.2 Å². The molecule has 0 bridgehead atoms. The van der Waals surface area contributed by atoms with E-state index in [1.54, 1.807) is 16.6 Å². The molecule has 0 unspecified atom stereocenters. The molecule has 0 spiro atoms. The van der Waals surface area contributed by atoms with Crippen LogP contribution in [0.15, 0.2) is 71.6 Å². The second-order valence-electron chi connectivity index (χ2n) is 8.77. The Balaban J connectivity index is 1.53. The lowest BCUT2D eigenvalue weighted by Crippen LogP contribution is -2.36. The van der Waals surface area contributed by atoms with Crippen molar-refractivity contribution in [1.82, 2.24) is 19.8 Å². The number of hydrogen-bond donors (Lipinski definition) is 1. The van der Waals surface area contributed by atoms with Gasteiger partial charge in [-0.2, -0.15) is 9.61 Å². The molecule has 3 heterocycles. The second-order valence-corrected chi connectivity index (χ2v) is 10.9. The number of hydrogen-bond acceptors (Lipinski definition) is 7. The van der Waals surface area contributed by atoms with Crippen molar-refractivity contribution in [2.24, 2.45) is 0 Å². The van der Waals surface area contributed by atoms with Gasteiger partial charge >= 0.3 is 0 Å². The molecule has 37 heavy (non-hydrogen) atoms. The van der Waals surface area contributed by atoms with Crippen molar-refractivity contribution in [3.63, 3.8) is 0 Å². The maximum Gasteiger partial charge on any atom is 0.262 e.